The number of hydrogen-bond donors (Lipinski definition) is 0. The number of benzene rings is 2. The van der Waals surface area contributed by atoms with Crippen LogP contribution < -0.4 is 9.47 Å². The van der Waals surface area contributed by atoms with Gasteiger partial charge in [0.15, 0.2) is 0 Å². The molecule has 144 valence electrons. The van der Waals surface area contributed by atoms with Gasteiger partial charge in [-0.15, -0.1) is 0 Å². The highest BCUT2D eigenvalue weighted by molar-refractivity contribution is 7.89. The van der Waals surface area contributed by atoms with Crippen molar-refractivity contribution in [3.63, 3.8) is 0 Å². The second-order valence-electron chi connectivity index (χ2n) is 6.59. The third-order valence-corrected chi connectivity index (χ3v) is 6.60. The molecule has 0 fully saturated rings. The first-order valence-electron chi connectivity index (χ1n) is 8.94. The normalized spacial score (nSPS) is 16.6. The molecule has 0 aromatic heterocycles. The highest BCUT2D eigenvalue weighted by Gasteiger charge is 2.27. The van der Waals surface area contributed by atoms with Crippen LogP contribution in [0.15, 0.2) is 47.4 Å². The predicted molar refractivity (Wildman–Crippen MR) is 107 cm³/mol. The minimum Gasteiger partial charge on any atom is -0.497 e. The second-order valence-corrected chi connectivity index (χ2v) is 8.53. The van der Waals surface area contributed by atoms with Crippen LogP contribution in [0, 0.1) is 6.92 Å². The van der Waals surface area contributed by atoms with Crippen molar-refractivity contribution in [3.05, 3.63) is 59.2 Å². The van der Waals surface area contributed by atoms with E-state index in [9.17, 15) is 8.42 Å². The van der Waals surface area contributed by atoms with Gasteiger partial charge in [-0.3, -0.25) is 0 Å². The molecule has 6 heteroatoms. The standard InChI is InChI=1S/C21H25NO4S/c1-16-8-10-19(11-9-16)27(23,24)22-12-6-4-5-7-17-13-18(25-2)14-21(26-3)20(17)15-22/h5,7-11,13-14H,4,6,12,15H2,1-3H3/b7-5-. The van der Waals surface area contributed by atoms with Crippen molar-refractivity contribution < 1.29 is 17.9 Å². The van der Waals surface area contributed by atoms with Crippen LogP contribution in [0.5, 0.6) is 11.5 Å². The van der Waals surface area contributed by atoms with Crippen LogP contribution >= 0.6 is 0 Å². The molecule has 0 atom stereocenters. The average molecular weight is 388 g/mol. The molecule has 0 N–H and O–H groups in total. The lowest BCUT2D eigenvalue weighted by Crippen LogP contribution is -2.32. The van der Waals surface area contributed by atoms with Gasteiger partial charge in [-0.1, -0.05) is 29.8 Å². The Morgan fingerprint density at radius 1 is 1.04 bits per heavy atom. The van der Waals surface area contributed by atoms with E-state index in [0.29, 0.717) is 22.9 Å². The molecule has 0 aliphatic carbocycles. The zero-order valence-electron chi connectivity index (χ0n) is 15.9. The van der Waals surface area contributed by atoms with Crippen molar-refractivity contribution >= 4 is 16.1 Å². The molecule has 1 heterocycles. The summed E-state index contributed by atoms with van der Waals surface area (Å²) in [5.74, 6) is 1.31. The quantitative estimate of drug-likeness (QED) is 0.795. The van der Waals surface area contributed by atoms with Crippen molar-refractivity contribution in [1.82, 2.24) is 4.31 Å². The molecular weight excluding hydrogens is 362 g/mol. The Morgan fingerprint density at radius 2 is 1.78 bits per heavy atom. The van der Waals surface area contributed by atoms with Gasteiger partial charge in [0.05, 0.1) is 19.1 Å². The van der Waals surface area contributed by atoms with Crippen molar-refractivity contribution in [1.29, 1.82) is 0 Å². The summed E-state index contributed by atoms with van der Waals surface area (Å²) in [6.07, 6.45) is 5.65. The molecule has 2 aromatic carbocycles. The molecule has 1 aliphatic heterocycles. The van der Waals surface area contributed by atoms with E-state index in [2.05, 4.69) is 6.08 Å². The Labute approximate surface area is 161 Å². The van der Waals surface area contributed by atoms with E-state index in [-0.39, 0.29) is 6.54 Å². The van der Waals surface area contributed by atoms with Crippen LogP contribution in [0.1, 0.15) is 29.5 Å². The highest BCUT2D eigenvalue weighted by atomic mass is 32.2. The summed E-state index contributed by atoms with van der Waals surface area (Å²) in [6.45, 7) is 2.65. The van der Waals surface area contributed by atoms with E-state index in [4.69, 9.17) is 9.47 Å². The van der Waals surface area contributed by atoms with Crippen molar-refractivity contribution in [2.75, 3.05) is 20.8 Å². The summed E-state index contributed by atoms with van der Waals surface area (Å²) < 4.78 is 38.9. The Hall–Kier alpha value is -2.31. The van der Waals surface area contributed by atoms with Gasteiger partial charge in [0, 0.05) is 24.7 Å². The fourth-order valence-corrected chi connectivity index (χ4v) is 4.62. The van der Waals surface area contributed by atoms with E-state index in [1.165, 1.54) is 0 Å². The van der Waals surface area contributed by atoms with Gasteiger partial charge >= 0.3 is 0 Å². The van der Waals surface area contributed by atoms with E-state index >= 15 is 0 Å². The molecule has 0 unspecified atom stereocenters. The summed E-state index contributed by atoms with van der Waals surface area (Å²) >= 11 is 0. The minimum atomic E-state index is -3.60. The Kier molecular flexibility index (Phi) is 5.87. The van der Waals surface area contributed by atoms with Crippen molar-refractivity contribution in [2.45, 2.75) is 31.2 Å². The first-order chi connectivity index (χ1) is 13.0. The number of hydrogen-bond acceptors (Lipinski definition) is 4. The fraction of sp³-hybridized carbons (Fsp3) is 0.333. The first-order valence-corrected chi connectivity index (χ1v) is 10.4. The molecule has 5 nitrogen and oxygen atoms in total. The number of fused-ring (bicyclic) bond motifs is 1. The molecule has 3 rings (SSSR count). The molecule has 27 heavy (non-hydrogen) atoms. The summed E-state index contributed by atoms with van der Waals surface area (Å²) in [5, 5.41) is 0. The zero-order valence-corrected chi connectivity index (χ0v) is 16.8. The summed E-state index contributed by atoms with van der Waals surface area (Å²) in [4.78, 5) is 0.314. The van der Waals surface area contributed by atoms with Crippen LogP contribution in [0.25, 0.3) is 6.08 Å². The van der Waals surface area contributed by atoms with E-state index in [0.717, 1.165) is 29.5 Å². The van der Waals surface area contributed by atoms with Gasteiger partial charge in [-0.2, -0.15) is 4.31 Å². The number of aryl methyl sites for hydroxylation is 1. The third kappa shape index (κ3) is 4.17. The number of methoxy groups -OCH3 is 2. The average Bonchev–Trinajstić information content (AvgIpc) is 2.77. The topological polar surface area (TPSA) is 55.8 Å². The molecular formula is C21H25NO4S. The van der Waals surface area contributed by atoms with Crippen LogP contribution in [0.4, 0.5) is 0 Å². The van der Waals surface area contributed by atoms with Crippen LogP contribution in [-0.2, 0) is 16.6 Å². The number of allylic oxidation sites excluding steroid dienone is 1. The molecule has 1 aliphatic rings. The number of nitrogens with zero attached hydrogens (tertiary/aromatic N) is 1. The monoisotopic (exact) mass is 387 g/mol. The number of rotatable bonds is 4. The molecule has 2 aromatic rings. The summed E-state index contributed by atoms with van der Waals surface area (Å²) in [7, 11) is -0.406. The van der Waals surface area contributed by atoms with Crippen LogP contribution in [-0.4, -0.2) is 33.5 Å². The van der Waals surface area contributed by atoms with Gasteiger partial charge in [-0.25, -0.2) is 8.42 Å². The van der Waals surface area contributed by atoms with Gasteiger partial charge < -0.3 is 9.47 Å². The van der Waals surface area contributed by atoms with E-state index in [1.54, 1.807) is 36.7 Å². The summed E-state index contributed by atoms with van der Waals surface area (Å²) in [6, 6.07) is 10.7. The maximum absolute atomic E-state index is 13.2. The summed E-state index contributed by atoms with van der Waals surface area (Å²) in [5.41, 5.74) is 2.78. The van der Waals surface area contributed by atoms with Crippen LogP contribution in [0.2, 0.25) is 0 Å². The predicted octanol–water partition coefficient (Wildman–Crippen LogP) is 4.01. The number of ether oxygens (including phenoxy) is 2. The largest absolute Gasteiger partial charge is 0.497 e. The molecule has 0 amide bonds. The third-order valence-electron chi connectivity index (χ3n) is 4.74. The van der Waals surface area contributed by atoms with Crippen molar-refractivity contribution in [2.24, 2.45) is 0 Å². The van der Waals surface area contributed by atoms with E-state index < -0.39 is 10.0 Å². The SMILES string of the molecule is COc1cc2c(c(OC)c1)CN(S(=O)(=O)c1ccc(C)cc1)CCC/C=C\2. The highest BCUT2D eigenvalue weighted by Crippen LogP contribution is 2.33. The van der Waals surface area contributed by atoms with Crippen molar-refractivity contribution in [3.8, 4) is 11.5 Å². The fourth-order valence-electron chi connectivity index (χ4n) is 3.17. The molecule has 0 spiro atoms. The van der Waals surface area contributed by atoms with Gasteiger partial charge in [0.1, 0.15) is 11.5 Å². The zero-order chi connectivity index (χ0) is 19.4. The molecule has 0 saturated heterocycles. The van der Waals surface area contributed by atoms with Gasteiger partial charge in [0.2, 0.25) is 10.0 Å². The van der Waals surface area contributed by atoms with Gasteiger partial charge in [0.25, 0.3) is 0 Å². The Balaban J connectivity index is 2.06. The minimum absolute atomic E-state index is 0.253. The Bertz CT molecular complexity index is 933. The maximum atomic E-state index is 13.2. The maximum Gasteiger partial charge on any atom is 0.243 e. The molecule has 0 bridgehead atoms. The molecule has 0 radical (unpaired) electrons. The van der Waals surface area contributed by atoms with Gasteiger partial charge in [-0.05, 0) is 43.5 Å². The first kappa shape index (κ1) is 19.5. The lowest BCUT2D eigenvalue weighted by Gasteiger charge is -2.24. The van der Waals surface area contributed by atoms with Crippen LogP contribution in [0.3, 0.4) is 0 Å². The second kappa shape index (κ2) is 8.15. The lowest BCUT2D eigenvalue weighted by molar-refractivity contribution is 0.370. The lowest BCUT2D eigenvalue weighted by atomic mass is 10.0. The van der Waals surface area contributed by atoms with E-state index in [1.807, 2.05) is 31.2 Å². The molecule has 0 saturated carbocycles. The number of sulfonamides is 1. The smallest absolute Gasteiger partial charge is 0.243 e. The Morgan fingerprint density at radius 3 is 2.44 bits per heavy atom.